The Balaban J connectivity index is 1.55. The van der Waals surface area contributed by atoms with Gasteiger partial charge < -0.3 is 9.84 Å². The molecule has 1 atom stereocenters. The van der Waals surface area contributed by atoms with E-state index in [9.17, 15) is 13.9 Å². The number of benzene rings is 2. The zero-order valence-corrected chi connectivity index (χ0v) is 14.6. The van der Waals surface area contributed by atoms with Gasteiger partial charge in [0.2, 0.25) is 0 Å². The lowest BCUT2D eigenvalue weighted by atomic mass is 10.00. The number of aliphatic hydroxyl groups is 1. The van der Waals surface area contributed by atoms with Crippen LogP contribution in [0.5, 0.6) is 5.75 Å². The van der Waals surface area contributed by atoms with Crippen molar-refractivity contribution >= 4 is 15.9 Å². The summed E-state index contributed by atoms with van der Waals surface area (Å²) >= 11 is 3.01. The quantitative estimate of drug-likeness (QED) is 0.837. The summed E-state index contributed by atoms with van der Waals surface area (Å²) < 4.78 is 32.8. The number of ether oxygens (including phenoxy) is 1. The van der Waals surface area contributed by atoms with Crippen LogP contribution in [0.1, 0.15) is 11.1 Å². The molecule has 6 heteroatoms. The van der Waals surface area contributed by atoms with Crippen molar-refractivity contribution in [3.8, 4) is 5.75 Å². The summed E-state index contributed by atoms with van der Waals surface area (Å²) in [6.07, 6.45) is 0.109. The Morgan fingerprint density at radius 2 is 1.83 bits per heavy atom. The van der Waals surface area contributed by atoms with E-state index in [1.165, 1.54) is 11.1 Å². The molecule has 3 rings (SSSR count). The summed E-state index contributed by atoms with van der Waals surface area (Å²) in [5.74, 6) is -2.04. The van der Waals surface area contributed by atoms with Crippen molar-refractivity contribution in [1.82, 2.24) is 4.90 Å². The lowest BCUT2D eigenvalue weighted by molar-refractivity contribution is 0.0610. The highest BCUT2D eigenvalue weighted by Crippen LogP contribution is 2.26. The van der Waals surface area contributed by atoms with Crippen LogP contribution in [0.25, 0.3) is 0 Å². The molecule has 0 radical (unpaired) electrons. The zero-order chi connectivity index (χ0) is 17.1. The van der Waals surface area contributed by atoms with Gasteiger partial charge in [0, 0.05) is 24.1 Å². The fourth-order valence-electron chi connectivity index (χ4n) is 2.91. The van der Waals surface area contributed by atoms with Gasteiger partial charge in [0.05, 0.1) is 0 Å². The van der Waals surface area contributed by atoms with Crippen molar-refractivity contribution < 1.29 is 18.6 Å². The van der Waals surface area contributed by atoms with Crippen LogP contribution in [0.4, 0.5) is 8.78 Å². The highest BCUT2D eigenvalue weighted by molar-refractivity contribution is 9.10. The molecule has 2 aromatic carbocycles. The molecule has 3 nitrogen and oxygen atoms in total. The second-order valence-electron chi connectivity index (χ2n) is 5.92. The third-order valence-electron chi connectivity index (χ3n) is 4.06. The van der Waals surface area contributed by atoms with E-state index in [0.717, 1.165) is 31.6 Å². The standard InChI is InChI=1S/C18H18BrF2NO2/c19-14-7-16(20)18(17(21)8-14)24-11-15(23)10-22-6-5-12-3-1-2-4-13(12)9-22/h1-4,7-8,15,23H,5-6,9-11H2. The predicted molar refractivity (Wildman–Crippen MR) is 91.0 cm³/mol. The summed E-state index contributed by atoms with van der Waals surface area (Å²) in [5, 5.41) is 10.1. The van der Waals surface area contributed by atoms with E-state index >= 15 is 0 Å². The lowest BCUT2D eigenvalue weighted by Crippen LogP contribution is -2.38. The van der Waals surface area contributed by atoms with E-state index in [4.69, 9.17) is 4.74 Å². The minimum Gasteiger partial charge on any atom is -0.485 e. The van der Waals surface area contributed by atoms with Crippen LogP contribution >= 0.6 is 15.9 Å². The smallest absolute Gasteiger partial charge is 0.190 e. The lowest BCUT2D eigenvalue weighted by Gasteiger charge is -2.30. The first-order valence-corrected chi connectivity index (χ1v) is 8.57. The van der Waals surface area contributed by atoms with Crippen molar-refractivity contribution in [3.63, 3.8) is 0 Å². The molecule has 1 aliphatic heterocycles. The van der Waals surface area contributed by atoms with Gasteiger partial charge in [-0.05, 0) is 29.7 Å². The van der Waals surface area contributed by atoms with Crippen LogP contribution in [0.2, 0.25) is 0 Å². The van der Waals surface area contributed by atoms with Gasteiger partial charge in [-0.25, -0.2) is 8.78 Å². The number of hydrogen-bond acceptors (Lipinski definition) is 3. The molecule has 0 saturated heterocycles. The number of aliphatic hydroxyl groups excluding tert-OH is 1. The molecule has 1 heterocycles. The summed E-state index contributed by atoms with van der Waals surface area (Å²) in [7, 11) is 0. The summed E-state index contributed by atoms with van der Waals surface area (Å²) in [6.45, 7) is 1.84. The molecule has 1 unspecified atom stereocenters. The predicted octanol–water partition coefficient (Wildman–Crippen LogP) is 3.53. The van der Waals surface area contributed by atoms with Gasteiger partial charge in [0.1, 0.15) is 12.7 Å². The molecule has 0 aromatic heterocycles. The normalized spacial score (nSPS) is 15.8. The molecule has 1 aliphatic rings. The molecular weight excluding hydrogens is 380 g/mol. The van der Waals surface area contributed by atoms with Gasteiger partial charge in [0.15, 0.2) is 17.4 Å². The van der Waals surface area contributed by atoms with Gasteiger partial charge in [-0.2, -0.15) is 0 Å². The Morgan fingerprint density at radius 1 is 1.17 bits per heavy atom. The topological polar surface area (TPSA) is 32.7 Å². The molecule has 0 saturated carbocycles. The molecule has 0 amide bonds. The van der Waals surface area contributed by atoms with Crippen molar-refractivity contribution in [2.24, 2.45) is 0 Å². The number of rotatable bonds is 5. The molecule has 0 aliphatic carbocycles. The van der Waals surface area contributed by atoms with E-state index < -0.39 is 23.5 Å². The summed E-state index contributed by atoms with van der Waals surface area (Å²) in [5.41, 5.74) is 2.58. The average molecular weight is 398 g/mol. The number of halogens is 3. The van der Waals surface area contributed by atoms with Crippen LogP contribution in [-0.2, 0) is 13.0 Å². The van der Waals surface area contributed by atoms with E-state index in [2.05, 4.69) is 33.0 Å². The molecular formula is C18H18BrF2NO2. The first-order chi connectivity index (χ1) is 11.5. The van der Waals surface area contributed by atoms with Crippen LogP contribution in [0.15, 0.2) is 40.9 Å². The molecule has 0 fully saturated rings. The second kappa shape index (κ2) is 7.59. The largest absolute Gasteiger partial charge is 0.485 e. The molecule has 0 bridgehead atoms. The monoisotopic (exact) mass is 397 g/mol. The van der Waals surface area contributed by atoms with Gasteiger partial charge >= 0.3 is 0 Å². The average Bonchev–Trinajstić information content (AvgIpc) is 2.53. The summed E-state index contributed by atoms with van der Waals surface area (Å²) in [6, 6.07) is 10.5. The number of nitrogens with zero attached hydrogens (tertiary/aromatic N) is 1. The van der Waals surface area contributed by atoms with Crippen LogP contribution < -0.4 is 4.74 Å². The molecule has 24 heavy (non-hydrogen) atoms. The maximum Gasteiger partial charge on any atom is 0.190 e. The SMILES string of the molecule is OC(COc1c(F)cc(Br)cc1F)CN1CCc2ccccc2C1. The first kappa shape index (κ1) is 17.3. The molecule has 1 N–H and O–H groups in total. The van der Waals surface area contributed by atoms with Gasteiger partial charge in [0.25, 0.3) is 0 Å². The zero-order valence-electron chi connectivity index (χ0n) is 13.0. The number of fused-ring (bicyclic) bond motifs is 1. The van der Waals surface area contributed by atoms with Crippen LogP contribution in [0.3, 0.4) is 0 Å². The molecule has 0 spiro atoms. The maximum absolute atomic E-state index is 13.7. The van der Waals surface area contributed by atoms with Crippen LogP contribution in [0, 0.1) is 11.6 Å². The Hall–Kier alpha value is -1.50. The van der Waals surface area contributed by atoms with E-state index in [1.807, 2.05) is 12.1 Å². The van der Waals surface area contributed by atoms with E-state index in [0.29, 0.717) is 11.0 Å². The highest BCUT2D eigenvalue weighted by Gasteiger charge is 2.20. The Kier molecular flexibility index (Phi) is 5.48. The second-order valence-corrected chi connectivity index (χ2v) is 6.83. The highest BCUT2D eigenvalue weighted by atomic mass is 79.9. The van der Waals surface area contributed by atoms with Crippen molar-refractivity contribution in [2.75, 3.05) is 19.7 Å². The fourth-order valence-corrected chi connectivity index (χ4v) is 3.31. The minimum absolute atomic E-state index is 0.159. The van der Waals surface area contributed by atoms with Crippen molar-refractivity contribution in [3.05, 3.63) is 63.6 Å². The van der Waals surface area contributed by atoms with Crippen molar-refractivity contribution in [2.45, 2.75) is 19.1 Å². The Bertz CT molecular complexity index is 703. The number of hydrogen-bond donors (Lipinski definition) is 1. The number of β-amino-alcohol motifs (C(OH)–C–C–N with tert-alkyl or cyclic N) is 1. The maximum atomic E-state index is 13.7. The van der Waals surface area contributed by atoms with Crippen LogP contribution in [-0.4, -0.2) is 35.8 Å². The fraction of sp³-hybridized carbons (Fsp3) is 0.333. The first-order valence-electron chi connectivity index (χ1n) is 7.77. The van der Waals surface area contributed by atoms with Crippen molar-refractivity contribution in [1.29, 1.82) is 0 Å². The van der Waals surface area contributed by atoms with E-state index in [-0.39, 0.29) is 6.61 Å². The van der Waals surface area contributed by atoms with Gasteiger partial charge in [-0.3, -0.25) is 4.90 Å². The molecule has 2 aromatic rings. The van der Waals surface area contributed by atoms with Gasteiger partial charge in [-0.15, -0.1) is 0 Å². The third kappa shape index (κ3) is 4.12. The Labute approximate surface area is 148 Å². The Morgan fingerprint density at radius 3 is 2.54 bits per heavy atom. The minimum atomic E-state index is -0.822. The molecule has 128 valence electrons. The third-order valence-corrected chi connectivity index (χ3v) is 4.52. The van der Waals surface area contributed by atoms with Gasteiger partial charge in [-0.1, -0.05) is 40.2 Å². The summed E-state index contributed by atoms with van der Waals surface area (Å²) in [4.78, 5) is 2.12. The van der Waals surface area contributed by atoms with E-state index in [1.54, 1.807) is 0 Å².